The Morgan fingerprint density at radius 1 is 1.18 bits per heavy atom. The summed E-state index contributed by atoms with van der Waals surface area (Å²) in [5.74, 6) is -0.537. The molecule has 0 spiro atoms. The first-order valence-electron chi connectivity index (χ1n) is 10.9. The molecule has 1 saturated heterocycles. The van der Waals surface area contributed by atoms with Gasteiger partial charge in [-0.05, 0) is 62.9 Å². The topological polar surface area (TPSA) is 63.6 Å². The number of fused-ring (bicyclic) bond motifs is 1. The minimum absolute atomic E-state index is 0.0805. The lowest BCUT2D eigenvalue weighted by Gasteiger charge is -2.34. The van der Waals surface area contributed by atoms with Gasteiger partial charge in [-0.1, -0.05) is 29.3 Å². The molecule has 1 aliphatic heterocycles. The minimum Gasteiger partial charge on any atom is -0.444 e. The normalized spacial score (nSPS) is 18.4. The van der Waals surface area contributed by atoms with Crippen LogP contribution >= 0.6 is 23.2 Å². The van der Waals surface area contributed by atoms with E-state index in [1.54, 1.807) is 40.1 Å². The molecule has 0 radical (unpaired) electrons. The second-order valence-electron chi connectivity index (χ2n) is 9.61. The number of carbonyl (C=O) groups is 1. The summed E-state index contributed by atoms with van der Waals surface area (Å²) in [5.41, 5.74) is -1.14. The molecule has 9 heteroatoms. The third-order valence-corrected chi connectivity index (χ3v) is 6.71. The SMILES string of the molecule is Cn1ccc2ccc(N[C@]3(c4c(F)ccc(Cl)c4Cl)CCN(C(=O)OC(C)(C)C)C3)cc2c1=O. The van der Waals surface area contributed by atoms with Gasteiger partial charge in [-0.2, -0.15) is 0 Å². The van der Waals surface area contributed by atoms with Crippen molar-refractivity contribution in [1.82, 2.24) is 9.47 Å². The van der Waals surface area contributed by atoms with Crippen LogP contribution in [0.15, 0.2) is 47.4 Å². The molecule has 180 valence electrons. The molecule has 1 aliphatic rings. The Balaban J connectivity index is 1.80. The summed E-state index contributed by atoms with van der Waals surface area (Å²) in [6, 6.07) is 9.88. The summed E-state index contributed by atoms with van der Waals surface area (Å²) in [6.07, 6.45) is 1.56. The van der Waals surface area contributed by atoms with Gasteiger partial charge in [0.2, 0.25) is 0 Å². The van der Waals surface area contributed by atoms with Gasteiger partial charge < -0.3 is 19.5 Å². The summed E-state index contributed by atoms with van der Waals surface area (Å²) < 4.78 is 22.3. The summed E-state index contributed by atoms with van der Waals surface area (Å²) in [4.78, 5) is 27.0. The zero-order chi connectivity index (χ0) is 24.8. The second kappa shape index (κ2) is 8.78. The van der Waals surface area contributed by atoms with E-state index in [1.807, 2.05) is 18.2 Å². The van der Waals surface area contributed by atoms with Crippen molar-refractivity contribution in [3.8, 4) is 0 Å². The number of ether oxygens (including phenoxy) is 1. The molecule has 0 bridgehead atoms. The molecule has 6 nitrogen and oxygen atoms in total. The predicted octanol–water partition coefficient (Wildman–Crippen LogP) is 5.93. The number of aromatic nitrogens is 1. The molecule has 1 fully saturated rings. The maximum atomic E-state index is 15.2. The van der Waals surface area contributed by atoms with Crippen LogP contribution in [0.4, 0.5) is 14.9 Å². The molecule has 2 aromatic carbocycles. The molecule has 2 heterocycles. The second-order valence-corrected chi connectivity index (χ2v) is 10.4. The van der Waals surface area contributed by atoms with Crippen LogP contribution in [-0.2, 0) is 17.3 Å². The Morgan fingerprint density at radius 3 is 2.62 bits per heavy atom. The van der Waals surface area contributed by atoms with E-state index in [1.165, 1.54) is 21.6 Å². The summed E-state index contributed by atoms with van der Waals surface area (Å²) >= 11 is 12.8. The van der Waals surface area contributed by atoms with Crippen LogP contribution in [0.25, 0.3) is 10.8 Å². The van der Waals surface area contributed by atoms with Crippen molar-refractivity contribution >= 4 is 45.8 Å². The van der Waals surface area contributed by atoms with Crippen LogP contribution in [0.1, 0.15) is 32.8 Å². The van der Waals surface area contributed by atoms with Gasteiger partial charge in [0, 0.05) is 36.4 Å². The van der Waals surface area contributed by atoms with E-state index in [2.05, 4.69) is 5.32 Å². The highest BCUT2D eigenvalue weighted by atomic mass is 35.5. The Kier molecular flexibility index (Phi) is 6.29. The Morgan fingerprint density at radius 2 is 1.91 bits per heavy atom. The predicted molar refractivity (Wildman–Crippen MR) is 133 cm³/mol. The third-order valence-electron chi connectivity index (χ3n) is 5.91. The number of carbonyl (C=O) groups excluding carboxylic acids is 1. The molecule has 0 saturated carbocycles. The highest BCUT2D eigenvalue weighted by Gasteiger charge is 2.46. The van der Waals surface area contributed by atoms with Gasteiger partial charge >= 0.3 is 6.09 Å². The number of amides is 1. The van der Waals surface area contributed by atoms with Crippen molar-refractivity contribution in [3.63, 3.8) is 0 Å². The van der Waals surface area contributed by atoms with Crippen molar-refractivity contribution < 1.29 is 13.9 Å². The van der Waals surface area contributed by atoms with Crippen LogP contribution in [0.3, 0.4) is 0 Å². The number of aryl methyl sites for hydroxylation is 1. The van der Waals surface area contributed by atoms with Gasteiger partial charge in [0.1, 0.15) is 11.4 Å². The molecule has 1 amide bonds. The number of nitrogens with zero attached hydrogens (tertiary/aromatic N) is 2. The van der Waals surface area contributed by atoms with E-state index in [0.29, 0.717) is 24.0 Å². The quantitative estimate of drug-likeness (QED) is 0.447. The van der Waals surface area contributed by atoms with Crippen molar-refractivity contribution in [3.05, 3.63) is 74.4 Å². The molecule has 1 aromatic heterocycles. The Bertz CT molecular complexity index is 1340. The van der Waals surface area contributed by atoms with Crippen LogP contribution < -0.4 is 10.9 Å². The van der Waals surface area contributed by atoms with Gasteiger partial charge in [0.15, 0.2) is 0 Å². The number of halogens is 3. The fourth-order valence-electron chi connectivity index (χ4n) is 4.32. The van der Waals surface area contributed by atoms with Crippen LogP contribution in [0.5, 0.6) is 0 Å². The lowest BCUT2D eigenvalue weighted by Crippen LogP contribution is -2.42. The van der Waals surface area contributed by atoms with Gasteiger partial charge in [-0.15, -0.1) is 0 Å². The molecule has 1 N–H and O–H groups in total. The molecular weight excluding hydrogens is 480 g/mol. The summed E-state index contributed by atoms with van der Waals surface area (Å²) in [5, 5.41) is 4.98. The van der Waals surface area contributed by atoms with E-state index in [4.69, 9.17) is 27.9 Å². The lowest BCUT2D eigenvalue weighted by molar-refractivity contribution is 0.0286. The Labute approximate surface area is 207 Å². The number of benzene rings is 2. The van der Waals surface area contributed by atoms with E-state index in [9.17, 15) is 9.59 Å². The molecule has 1 atom stereocenters. The highest BCUT2D eigenvalue weighted by molar-refractivity contribution is 6.42. The van der Waals surface area contributed by atoms with Gasteiger partial charge in [-0.3, -0.25) is 4.79 Å². The van der Waals surface area contributed by atoms with Crippen molar-refractivity contribution in [2.24, 2.45) is 7.05 Å². The van der Waals surface area contributed by atoms with E-state index < -0.39 is 23.1 Å². The van der Waals surface area contributed by atoms with Gasteiger partial charge in [-0.25, -0.2) is 9.18 Å². The van der Waals surface area contributed by atoms with Gasteiger partial charge in [0.25, 0.3) is 5.56 Å². The first kappa shape index (κ1) is 24.4. The molecular formula is C25H26Cl2FN3O3. The van der Waals surface area contributed by atoms with Crippen molar-refractivity contribution in [2.45, 2.75) is 38.3 Å². The number of hydrogen-bond acceptors (Lipinski definition) is 4. The van der Waals surface area contributed by atoms with Crippen molar-refractivity contribution in [2.75, 3.05) is 18.4 Å². The van der Waals surface area contributed by atoms with Crippen LogP contribution in [0.2, 0.25) is 10.0 Å². The number of anilines is 1. The smallest absolute Gasteiger partial charge is 0.410 e. The number of pyridine rings is 1. The van der Waals surface area contributed by atoms with E-state index in [0.717, 1.165) is 5.39 Å². The molecule has 4 rings (SSSR count). The van der Waals surface area contributed by atoms with Crippen LogP contribution in [-0.4, -0.2) is 34.3 Å². The van der Waals surface area contributed by atoms with Crippen LogP contribution in [0, 0.1) is 5.82 Å². The first-order chi connectivity index (χ1) is 15.9. The zero-order valence-corrected chi connectivity index (χ0v) is 20.9. The fraction of sp³-hybridized carbons (Fsp3) is 0.360. The monoisotopic (exact) mass is 505 g/mol. The average Bonchev–Trinajstić information content (AvgIpc) is 3.18. The largest absolute Gasteiger partial charge is 0.444 e. The fourth-order valence-corrected chi connectivity index (χ4v) is 4.81. The maximum absolute atomic E-state index is 15.2. The zero-order valence-electron chi connectivity index (χ0n) is 19.4. The first-order valence-corrected chi connectivity index (χ1v) is 11.7. The third kappa shape index (κ3) is 4.59. The molecule has 3 aromatic rings. The Hall–Kier alpha value is -2.77. The number of hydrogen-bond donors (Lipinski definition) is 1. The molecule has 0 aliphatic carbocycles. The maximum Gasteiger partial charge on any atom is 0.410 e. The average molecular weight is 506 g/mol. The number of likely N-dealkylation sites (tertiary alicyclic amines) is 1. The number of nitrogens with one attached hydrogen (secondary N) is 1. The van der Waals surface area contributed by atoms with Crippen molar-refractivity contribution in [1.29, 1.82) is 0 Å². The minimum atomic E-state index is -1.09. The van der Waals surface area contributed by atoms with E-state index in [-0.39, 0.29) is 27.7 Å². The summed E-state index contributed by atoms with van der Waals surface area (Å²) in [6.45, 7) is 5.78. The van der Waals surface area contributed by atoms with E-state index >= 15 is 4.39 Å². The lowest BCUT2D eigenvalue weighted by atomic mass is 9.87. The molecule has 34 heavy (non-hydrogen) atoms. The highest BCUT2D eigenvalue weighted by Crippen LogP contribution is 2.43. The standard InChI is InChI=1S/C25H26Cl2FN3O3/c1-24(2,3)34-23(33)31-12-10-25(14-31,20-19(28)8-7-18(26)21(20)27)29-16-6-5-15-9-11-30(4)22(32)17(15)13-16/h5-9,11,13,29H,10,12,14H2,1-4H3/t25-/m1/s1. The molecule has 0 unspecified atom stereocenters. The number of rotatable bonds is 3. The van der Waals surface area contributed by atoms with Gasteiger partial charge in [0.05, 0.1) is 22.1 Å². The summed E-state index contributed by atoms with van der Waals surface area (Å²) in [7, 11) is 1.68.